The van der Waals surface area contributed by atoms with Crippen molar-refractivity contribution >= 4 is 0 Å². The molecule has 2 heteroatoms. The Balaban J connectivity index is 2.35. The third-order valence-electron chi connectivity index (χ3n) is 2.50. The van der Waals surface area contributed by atoms with Gasteiger partial charge in [-0.2, -0.15) is 0 Å². The zero-order valence-corrected chi connectivity index (χ0v) is 9.75. The quantitative estimate of drug-likeness (QED) is 0.691. The molecule has 0 fully saturated rings. The van der Waals surface area contributed by atoms with Gasteiger partial charge in [-0.05, 0) is 44.0 Å². The summed E-state index contributed by atoms with van der Waals surface area (Å²) in [5.41, 5.74) is 2.81. The van der Waals surface area contributed by atoms with Crippen molar-refractivity contribution in [3.05, 3.63) is 35.4 Å². The van der Waals surface area contributed by atoms with Crippen molar-refractivity contribution in [2.45, 2.75) is 19.3 Å². The largest absolute Gasteiger partial charge is 0.385 e. The minimum absolute atomic E-state index is 0.849. The van der Waals surface area contributed by atoms with Gasteiger partial charge in [0.2, 0.25) is 0 Å². The lowest BCUT2D eigenvalue weighted by molar-refractivity contribution is 0.195. The number of hydrogen-bond donors (Lipinski definition) is 1. The normalized spacial score (nSPS) is 10.5. The van der Waals surface area contributed by atoms with Crippen LogP contribution in [0.5, 0.6) is 0 Å². The highest BCUT2D eigenvalue weighted by Gasteiger charge is 1.95. The van der Waals surface area contributed by atoms with Gasteiger partial charge in [-0.25, -0.2) is 0 Å². The fourth-order valence-corrected chi connectivity index (χ4v) is 1.56. The summed E-state index contributed by atoms with van der Waals surface area (Å²) >= 11 is 0. The summed E-state index contributed by atoms with van der Waals surface area (Å²) in [5, 5.41) is 3.16. The predicted molar refractivity (Wildman–Crippen MR) is 64.3 cm³/mol. The Morgan fingerprint density at radius 3 is 2.20 bits per heavy atom. The zero-order chi connectivity index (χ0) is 10.9. The number of benzene rings is 1. The molecule has 0 atom stereocenters. The van der Waals surface area contributed by atoms with Crippen LogP contribution in [0.4, 0.5) is 0 Å². The molecule has 0 saturated heterocycles. The van der Waals surface area contributed by atoms with Crippen molar-refractivity contribution in [2.75, 3.05) is 27.3 Å². The van der Waals surface area contributed by atoms with Crippen molar-refractivity contribution < 1.29 is 4.74 Å². The van der Waals surface area contributed by atoms with E-state index >= 15 is 0 Å². The average molecular weight is 207 g/mol. The fourth-order valence-electron chi connectivity index (χ4n) is 1.56. The Morgan fingerprint density at radius 2 is 1.67 bits per heavy atom. The van der Waals surface area contributed by atoms with Gasteiger partial charge >= 0.3 is 0 Å². The number of rotatable bonds is 7. The Hall–Kier alpha value is -0.860. The number of hydrogen-bond acceptors (Lipinski definition) is 2. The maximum Gasteiger partial charge on any atom is 0.0465 e. The van der Waals surface area contributed by atoms with Crippen LogP contribution in [-0.2, 0) is 17.6 Å². The van der Waals surface area contributed by atoms with Gasteiger partial charge in [0.25, 0.3) is 0 Å². The molecule has 0 spiro atoms. The average Bonchev–Trinajstić information content (AvgIpc) is 2.28. The minimum Gasteiger partial charge on any atom is -0.385 e. The van der Waals surface area contributed by atoms with Crippen molar-refractivity contribution in [1.82, 2.24) is 5.32 Å². The van der Waals surface area contributed by atoms with Gasteiger partial charge < -0.3 is 10.1 Å². The zero-order valence-electron chi connectivity index (χ0n) is 9.75. The lowest BCUT2D eigenvalue weighted by Crippen LogP contribution is -2.10. The number of nitrogens with one attached hydrogen (secondary N) is 1. The van der Waals surface area contributed by atoms with Crippen LogP contribution in [0.2, 0.25) is 0 Å². The van der Waals surface area contributed by atoms with Crippen LogP contribution in [0.3, 0.4) is 0 Å². The molecule has 2 nitrogen and oxygen atoms in total. The number of aryl methyl sites for hydroxylation is 1. The van der Waals surface area contributed by atoms with Crippen LogP contribution in [0.1, 0.15) is 17.5 Å². The predicted octanol–water partition coefficient (Wildman–Crippen LogP) is 2.03. The first-order chi connectivity index (χ1) is 7.36. The summed E-state index contributed by atoms with van der Waals surface area (Å²) in [6.07, 6.45) is 3.32. The van der Waals surface area contributed by atoms with E-state index in [2.05, 4.69) is 29.6 Å². The van der Waals surface area contributed by atoms with Crippen LogP contribution in [0, 0.1) is 0 Å². The first kappa shape index (κ1) is 12.2. The third kappa shape index (κ3) is 4.96. The molecule has 1 aromatic carbocycles. The van der Waals surface area contributed by atoms with Gasteiger partial charge in [-0.15, -0.1) is 0 Å². The summed E-state index contributed by atoms with van der Waals surface area (Å²) in [5.74, 6) is 0. The Morgan fingerprint density at radius 1 is 1.07 bits per heavy atom. The fraction of sp³-hybridized carbons (Fsp3) is 0.538. The van der Waals surface area contributed by atoms with Gasteiger partial charge in [0.15, 0.2) is 0 Å². The van der Waals surface area contributed by atoms with Crippen LogP contribution in [-0.4, -0.2) is 27.3 Å². The molecule has 0 amide bonds. The molecule has 0 unspecified atom stereocenters. The van der Waals surface area contributed by atoms with Crippen LogP contribution < -0.4 is 5.32 Å². The molecule has 1 rings (SSSR count). The highest BCUT2D eigenvalue weighted by atomic mass is 16.5. The van der Waals surface area contributed by atoms with E-state index in [4.69, 9.17) is 4.74 Å². The standard InChI is InChI=1S/C13H21NO/c1-14-10-9-13-7-5-12(6-8-13)4-3-11-15-2/h5-8,14H,3-4,9-11H2,1-2H3. The molecule has 1 N–H and O–H groups in total. The van der Waals surface area contributed by atoms with E-state index in [9.17, 15) is 0 Å². The molecule has 84 valence electrons. The monoisotopic (exact) mass is 207 g/mol. The van der Waals surface area contributed by atoms with Crippen LogP contribution in [0.15, 0.2) is 24.3 Å². The third-order valence-corrected chi connectivity index (χ3v) is 2.50. The lowest BCUT2D eigenvalue weighted by atomic mass is 10.1. The molecule has 0 bridgehead atoms. The SMILES string of the molecule is CNCCc1ccc(CCCOC)cc1. The maximum absolute atomic E-state index is 5.03. The van der Waals surface area contributed by atoms with Crippen molar-refractivity contribution in [1.29, 1.82) is 0 Å². The van der Waals surface area contributed by atoms with Gasteiger partial charge in [-0.3, -0.25) is 0 Å². The Bertz CT molecular complexity index is 256. The van der Waals surface area contributed by atoms with Crippen LogP contribution in [0.25, 0.3) is 0 Å². The topological polar surface area (TPSA) is 21.3 Å². The van der Waals surface area contributed by atoms with Crippen LogP contribution >= 0.6 is 0 Å². The first-order valence-electron chi connectivity index (χ1n) is 5.58. The summed E-state index contributed by atoms with van der Waals surface area (Å²) in [6.45, 7) is 1.89. The highest BCUT2D eigenvalue weighted by molar-refractivity contribution is 5.22. The molecule has 0 radical (unpaired) electrons. The lowest BCUT2D eigenvalue weighted by Gasteiger charge is -2.04. The maximum atomic E-state index is 5.03. The second-order valence-corrected chi connectivity index (χ2v) is 3.77. The summed E-state index contributed by atoms with van der Waals surface area (Å²) in [7, 11) is 3.74. The molecule has 0 aliphatic heterocycles. The molecule has 1 aromatic rings. The minimum atomic E-state index is 0.849. The van der Waals surface area contributed by atoms with E-state index in [0.29, 0.717) is 0 Å². The summed E-state index contributed by atoms with van der Waals surface area (Å²) in [4.78, 5) is 0. The van der Waals surface area contributed by atoms with Crippen molar-refractivity contribution in [3.63, 3.8) is 0 Å². The molecule has 15 heavy (non-hydrogen) atoms. The van der Waals surface area contributed by atoms with Gasteiger partial charge in [0, 0.05) is 13.7 Å². The molecule has 0 aliphatic rings. The number of likely N-dealkylation sites (N-methyl/N-ethyl adjacent to an activating group) is 1. The molecular formula is C13H21NO. The van der Waals surface area contributed by atoms with Gasteiger partial charge in [-0.1, -0.05) is 24.3 Å². The highest BCUT2D eigenvalue weighted by Crippen LogP contribution is 2.07. The van der Waals surface area contributed by atoms with E-state index in [-0.39, 0.29) is 0 Å². The molecule has 0 heterocycles. The van der Waals surface area contributed by atoms with Gasteiger partial charge in [0.1, 0.15) is 0 Å². The molecule has 0 aromatic heterocycles. The number of methoxy groups -OCH3 is 1. The second-order valence-electron chi connectivity index (χ2n) is 3.77. The van der Waals surface area contributed by atoms with E-state index in [1.54, 1.807) is 7.11 Å². The van der Waals surface area contributed by atoms with E-state index in [0.717, 1.165) is 32.4 Å². The van der Waals surface area contributed by atoms with E-state index < -0.39 is 0 Å². The Labute approximate surface area is 92.6 Å². The van der Waals surface area contributed by atoms with E-state index in [1.807, 2.05) is 7.05 Å². The second kappa shape index (κ2) is 7.43. The molecular weight excluding hydrogens is 186 g/mol. The number of ether oxygens (including phenoxy) is 1. The molecule has 0 aliphatic carbocycles. The van der Waals surface area contributed by atoms with Gasteiger partial charge in [0.05, 0.1) is 0 Å². The Kier molecular flexibility index (Phi) is 6.05. The summed E-state index contributed by atoms with van der Waals surface area (Å²) < 4.78 is 5.03. The smallest absolute Gasteiger partial charge is 0.0465 e. The van der Waals surface area contributed by atoms with Crippen molar-refractivity contribution in [2.24, 2.45) is 0 Å². The van der Waals surface area contributed by atoms with Crippen molar-refractivity contribution in [3.8, 4) is 0 Å². The first-order valence-corrected chi connectivity index (χ1v) is 5.58. The summed E-state index contributed by atoms with van der Waals surface area (Å²) in [6, 6.07) is 8.89. The van der Waals surface area contributed by atoms with E-state index in [1.165, 1.54) is 11.1 Å². The molecule has 0 saturated carbocycles.